The fourth-order valence-electron chi connectivity index (χ4n) is 2.19. The average molecular weight is 299 g/mol. The summed E-state index contributed by atoms with van der Waals surface area (Å²) in [7, 11) is 3.02. The van der Waals surface area contributed by atoms with Gasteiger partial charge in [0.2, 0.25) is 0 Å². The summed E-state index contributed by atoms with van der Waals surface area (Å²) in [6, 6.07) is 11.4. The van der Waals surface area contributed by atoms with Crippen LogP contribution in [0.4, 0.5) is 0 Å². The number of rotatable bonds is 3. The molecule has 112 valence electrons. The van der Waals surface area contributed by atoms with Crippen molar-refractivity contribution in [2.75, 3.05) is 14.2 Å². The van der Waals surface area contributed by atoms with E-state index >= 15 is 0 Å². The van der Waals surface area contributed by atoms with E-state index < -0.39 is 11.5 Å². The van der Waals surface area contributed by atoms with Gasteiger partial charge in [0.05, 0.1) is 25.1 Å². The third-order valence-electron chi connectivity index (χ3n) is 3.32. The van der Waals surface area contributed by atoms with Gasteiger partial charge in [0.25, 0.3) is 5.91 Å². The number of aromatic nitrogens is 1. The van der Waals surface area contributed by atoms with Crippen molar-refractivity contribution in [1.29, 1.82) is 0 Å². The van der Waals surface area contributed by atoms with Crippen LogP contribution in [0.15, 0.2) is 51.8 Å². The van der Waals surface area contributed by atoms with Gasteiger partial charge in [-0.1, -0.05) is 6.07 Å². The molecule has 0 saturated carbocycles. The van der Waals surface area contributed by atoms with Gasteiger partial charge in [-0.05, 0) is 36.4 Å². The molecule has 3 rings (SSSR count). The Bertz CT molecular complexity index is 906. The summed E-state index contributed by atoms with van der Waals surface area (Å²) in [6.07, 6.45) is 0. The molecule has 0 saturated heterocycles. The van der Waals surface area contributed by atoms with E-state index in [4.69, 9.17) is 14.0 Å². The number of fused-ring (bicyclic) bond motifs is 1. The minimum Gasteiger partial charge on any atom is -0.497 e. The van der Waals surface area contributed by atoms with Crippen LogP contribution in [0.1, 0.15) is 10.4 Å². The molecule has 1 heterocycles. The van der Waals surface area contributed by atoms with Crippen LogP contribution in [-0.4, -0.2) is 24.9 Å². The molecule has 0 unspecified atom stereocenters. The van der Waals surface area contributed by atoms with E-state index in [9.17, 15) is 9.59 Å². The highest BCUT2D eigenvalue weighted by Gasteiger charge is 2.18. The lowest BCUT2D eigenvalue weighted by Crippen LogP contribution is -2.11. The monoisotopic (exact) mass is 299 g/mol. The number of nitrogens with zero attached hydrogens (tertiary/aromatic N) is 1. The predicted molar refractivity (Wildman–Crippen MR) is 79.7 cm³/mol. The zero-order valence-corrected chi connectivity index (χ0v) is 12.0. The molecule has 0 atom stereocenters. The molecular formula is C16H13NO5. The van der Waals surface area contributed by atoms with Gasteiger partial charge in [-0.15, -0.1) is 4.74 Å². The summed E-state index contributed by atoms with van der Waals surface area (Å²) < 4.78 is 16.2. The van der Waals surface area contributed by atoms with Gasteiger partial charge in [-0.25, -0.2) is 4.79 Å². The molecule has 0 radical (unpaired) electrons. The van der Waals surface area contributed by atoms with E-state index in [0.29, 0.717) is 22.6 Å². The van der Waals surface area contributed by atoms with Crippen LogP contribution < -0.4 is 15.1 Å². The highest BCUT2D eigenvalue weighted by atomic mass is 16.5. The van der Waals surface area contributed by atoms with Crippen LogP contribution in [0.5, 0.6) is 11.5 Å². The topological polar surface area (TPSA) is 70.7 Å². The summed E-state index contributed by atoms with van der Waals surface area (Å²) in [4.78, 5) is 24.4. The Kier molecular flexibility index (Phi) is 3.42. The average Bonchev–Trinajstić information content (AvgIpc) is 2.90. The second-order valence-electron chi connectivity index (χ2n) is 4.59. The van der Waals surface area contributed by atoms with Crippen LogP contribution in [0.3, 0.4) is 0 Å². The number of carbonyl (C=O) groups is 1. The normalized spacial score (nSPS) is 10.6. The highest BCUT2D eigenvalue weighted by molar-refractivity contribution is 6.00. The molecule has 0 amide bonds. The van der Waals surface area contributed by atoms with Crippen LogP contribution in [-0.2, 0) is 0 Å². The Morgan fingerprint density at radius 3 is 2.50 bits per heavy atom. The summed E-state index contributed by atoms with van der Waals surface area (Å²) in [5, 5.41) is 0.288. The van der Waals surface area contributed by atoms with Crippen molar-refractivity contribution in [3.63, 3.8) is 0 Å². The molecule has 3 aromatic rings. The minimum atomic E-state index is -0.592. The first-order valence-corrected chi connectivity index (χ1v) is 6.53. The smallest absolute Gasteiger partial charge is 0.366 e. The molecule has 1 aromatic heterocycles. The van der Waals surface area contributed by atoms with Gasteiger partial charge >= 0.3 is 5.63 Å². The number of hydrogen-bond acceptors (Lipinski definition) is 5. The third-order valence-corrected chi connectivity index (χ3v) is 3.32. The number of hydrogen-bond donors (Lipinski definition) is 0. The van der Waals surface area contributed by atoms with Gasteiger partial charge < -0.3 is 14.0 Å². The van der Waals surface area contributed by atoms with Gasteiger partial charge in [0, 0.05) is 5.56 Å². The maximum atomic E-state index is 12.5. The molecular weight excluding hydrogens is 286 g/mol. The first-order chi connectivity index (χ1) is 10.6. The molecule has 2 aromatic carbocycles. The first-order valence-electron chi connectivity index (χ1n) is 6.53. The Labute approximate surface area is 125 Å². The lowest BCUT2D eigenvalue weighted by molar-refractivity contribution is 0.0850. The molecule has 0 N–H and O–H groups in total. The van der Waals surface area contributed by atoms with Crippen molar-refractivity contribution < 1.29 is 18.8 Å². The number of methoxy groups -OCH3 is 2. The Balaban J connectivity index is 2.13. The third kappa shape index (κ3) is 2.24. The van der Waals surface area contributed by atoms with Crippen molar-refractivity contribution >= 4 is 16.8 Å². The molecule has 0 aliphatic carbocycles. The fraction of sp³-hybridized carbons (Fsp3) is 0.125. The van der Waals surface area contributed by atoms with Crippen molar-refractivity contribution in [2.45, 2.75) is 0 Å². The Hall–Kier alpha value is -3.02. The van der Waals surface area contributed by atoms with Gasteiger partial charge in [0.1, 0.15) is 11.5 Å². The van der Waals surface area contributed by atoms with E-state index in [2.05, 4.69) is 0 Å². The van der Waals surface area contributed by atoms with Gasteiger partial charge in [-0.3, -0.25) is 4.79 Å². The molecule has 0 aliphatic rings. The zero-order valence-electron chi connectivity index (χ0n) is 12.0. The van der Waals surface area contributed by atoms with E-state index in [1.54, 1.807) is 36.4 Å². The number of carbonyl (C=O) groups excluding carboxylic acids is 1. The highest BCUT2D eigenvalue weighted by Crippen LogP contribution is 2.20. The van der Waals surface area contributed by atoms with Crippen LogP contribution in [0, 0.1) is 0 Å². The quantitative estimate of drug-likeness (QED) is 0.742. The summed E-state index contributed by atoms with van der Waals surface area (Å²) in [6.45, 7) is 0. The molecule has 0 aliphatic heterocycles. The lowest BCUT2D eigenvalue weighted by atomic mass is 10.2. The van der Waals surface area contributed by atoms with E-state index in [1.165, 1.54) is 20.3 Å². The molecule has 6 nitrogen and oxygen atoms in total. The summed E-state index contributed by atoms with van der Waals surface area (Å²) in [5.41, 5.74) is 0.152. The number of benzene rings is 2. The maximum Gasteiger partial charge on any atom is 0.366 e. The molecule has 0 bridgehead atoms. The SMILES string of the molecule is COc1cccc(C(=O)n2oc(=O)c3cc(OC)ccc32)c1. The number of ether oxygens (including phenoxy) is 2. The van der Waals surface area contributed by atoms with Crippen molar-refractivity contribution in [2.24, 2.45) is 0 Å². The Morgan fingerprint density at radius 1 is 1.05 bits per heavy atom. The van der Waals surface area contributed by atoms with Crippen molar-refractivity contribution in [3.8, 4) is 11.5 Å². The maximum absolute atomic E-state index is 12.5. The van der Waals surface area contributed by atoms with E-state index in [1.807, 2.05) is 0 Å². The van der Waals surface area contributed by atoms with E-state index in [0.717, 1.165) is 4.74 Å². The molecule has 0 spiro atoms. The Morgan fingerprint density at radius 2 is 1.77 bits per heavy atom. The second-order valence-corrected chi connectivity index (χ2v) is 4.59. The van der Waals surface area contributed by atoms with Crippen molar-refractivity contribution in [3.05, 3.63) is 58.4 Å². The standard InChI is InChI=1S/C16H13NO5/c1-20-11-5-3-4-10(8-11)15(18)17-14-7-6-12(21-2)9-13(14)16(19)22-17/h3-9H,1-2H3. The van der Waals surface area contributed by atoms with E-state index in [-0.39, 0.29) is 5.39 Å². The summed E-state index contributed by atoms with van der Waals surface area (Å²) >= 11 is 0. The molecule has 0 fully saturated rings. The second kappa shape index (κ2) is 5.40. The fourth-order valence-corrected chi connectivity index (χ4v) is 2.19. The minimum absolute atomic E-state index is 0.288. The molecule has 22 heavy (non-hydrogen) atoms. The van der Waals surface area contributed by atoms with Crippen LogP contribution >= 0.6 is 0 Å². The lowest BCUT2D eigenvalue weighted by Gasteiger charge is -2.04. The zero-order chi connectivity index (χ0) is 15.7. The van der Waals surface area contributed by atoms with Gasteiger partial charge in [0.15, 0.2) is 0 Å². The van der Waals surface area contributed by atoms with Crippen molar-refractivity contribution in [1.82, 2.24) is 4.74 Å². The summed E-state index contributed by atoms with van der Waals surface area (Å²) in [5.74, 6) is 0.619. The first kappa shape index (κ1) is 13.9. The predicted octanol–water partition coefficient (Wildman–Crippen LogP) is 2.30. The van der Waals surface area contributed by atoms with Crippen LogP contribution in [0.2, 0.25) is 0 Å². The van der Waals surface area contributed by atoms with Crippen LogP contribution in [0.25, 0.3) is 10.9 Å². The largest absolute Gasteiger partial charge is 0.497 e. The van der Waals surface area contributed by atoms with Gasteiger partial charge in [-0.2, -0.15) is 0 Å². The molecule has 6 heteroatoms.